The minimum absolute atomic E-state index is 0.125. The van der Waals surface area contributed by atoms with E-state index in [1.165, 1.54) is 4.90 Å². The number of sulfonamides is 1. The third-order valence-electron chi connectivity index (χ3n) is 5.07. The van der Waals surface area contributed by atoms with Crippen molar-refractivity contribution in [2.45, 2.75) is 33.4 Å². The fourth-order valence-corrected chi connectivity index (χ4v) is 4.22. The number of likely N-dealkylation sites (N-methyl/N-ethyl adjacent to an activating group) is 1. The van der Waals surface area contributed by atoms with Gasteiger partial charge in [-0.3, -0.25) is 13.9 Å². The largest absolute Gasteiger partial charge is 0.497 e. The third-order valence-corrected chi connectivity index (χ3v) is 6.20. The first-order chi connectivity index (χ1) is 15.1. The van der Waals surface area contributed by atoms with Crippen LogP contribution in [0.25, 0.3) is 0 Å². The summed E-state index contributed by atoms with van der Waals surface area (Å²) in [4.78, 5) is 27.3. The SMILES string of the molecule is CCNC(=O)C(C)N(Cc1cccc(OC)c1)C(=O)CN(c1ccccc1C)S(C)(=O)=O. The number of amides is 2. The maximum absolute atomic E-state index is 13.4. The van der Waals surface area contributed by atoms with Crippen LogP contribution in [0.4, 0.5) is 5.69 Å². The van der Waals surface area contributed by atoms with Crippen molar-refractivity contribution in [3.63, 3.8) is 0 Å². The molecule has 1 unspecified atom stereocenters. The molecule has 2 aromatic rings. The molecular weight excluding hydrogens is 430 g/mol. The summed E-state index contributed by atoms with van der Waals surface area (Å²) in [5.74, 6) is -0.177. The molecule has 0 heterocycles. The Morgan fingerprint density at radius 3 is 2.41 bits per heavy atom. The summed E-state index contributed by atoms with van der Waals surface area (Å²) in [5, 5.41) is 2.72. The number of hydrogen-bond acceptors (Lipinski definition) is 5. The molecule has 1 atom stereocenters. The van der Waals surface area contributed by atoms with Gasteiger partial charge in [-0.2, -0.15) is 0 Å². The molecule has 32 heavy (non-hydrogen) atoms. The summed E-state index contributed by atoms with van der Waals surface area (Å²) in [6.45, 7) is 5.33. The predicted octanol–water partition coefficient (Wildman–Crippen LogP) is 2.32. The molecule has 0 radical (unpaired) electrons. The number of benzene rings is 2. The summed E-state index contributed by atoms with van der Waals surface area (Å²) >= 11 is 0. The molecule has 0 spiro atoms. The Hall–Kier alpha value is -3.07. The summed E-state index contributed by atoms with van der Waals surface area (Å²) in [7, 11) is -2.20. The van der Waals surface area contributed by atoms with Crippen LogP contribution in [0.15, 0.2) is 48.5 Å². The summed E-state index contributed by atoms with van der Waals surface area (Å²) in [6, 6.07) is 13.3. The maximum Gasteiger partial charge on any atom is 0.244 e. The quantitative estimate of drug-likeness (QED) is 0.586. The number of carbonyl (C=O) groups excluding carboxylic acids is 2. The van der Waals surface area contributed by atoms with Crippen molar-refractivity contribution in [3.8, 4) is 5.75 Å². The van der Waals surface area contributed by atoms with Gasteiger partial charge in [0.25, 0.3) is 0 Å². The number of anilines is 1. The van der Waals surface area contributed by atoms with Crippen LogP contribution in [0.2, 0.25) is 0 Å². The molecule has 2 amide bonds. The average Bonchev–Trinajstić information content (AvgIpc) is 2.75. The van der Waals surface area contributed by atoms with Crippen LogP contribution in [-0.4, -0.2) is 57.6 Å². The van der Waals surface area contributed by atoms with E-state index in [-0.39, 0.29) is 12.5 Å². The highest BCUT2D eigenvalue weighted by Gasteiger charge is 2.30. The van der Waals surface area contributed by atoms with E-state index in [9.17, 15) is 18.0 Å². The molecule has 0 aromatic heterocycles. The monoisotopic (exact) mass is 461 g/mol. The minimum atomic E-state index is -3.74. The van der Waals surface area contributed by atoms with E-state index in [0.29, 0.717) is 18.0 Å². The topological polar surface area (TPSA) is 96.0 Å². The Kier molecular flexibility index (Phi) is 8.65. The molecule has 0 aliphatic carbocycles. The standard InChI is InChI=1S/C23H31N3O5S/c1-6-24-23(28)18(3)25(15-19-11-9-12-20(14-19)31-4)22(27)16-26(32(5,29)30)21-13-8-7-10-17(21)2/h7-14,18H,6,15-16H2,1-5H3,(H,24,28). The summed E-state index contributed by atoms with van der Waals surface area (Å²) < 4.78 is 31.4. The molecule has 0 fully saturated rings. The van der Waals surface area contributed by atoms with Crippen LogP contribution in [0.5, 0.6) is 5.75 Å². The van der Waals surface area contributed by atoms with Gasteiger partial charge in [-0.15, -0.1) is 0 Å². The number of ether oxygens (including phenoxy) is 1. The highest BCUT2D eigenvalue weighted by atomic mass is 32.2. The fourth-order valence-electron chi connectivity index (χ4n) is 3.31. The van der Waals surface area contributed by atoms with Crippen LogP contribution in [0, 0.1) is 6.92 Å². The number of hydrogen-bond donors (Lipinski definition) is 1. The molecule has 2 aromatic carbocycles. The Morgan fingerprint density at radius 1 is 1.12 bits per heavy atom. The molecule has 0 aliphatic heterocycles. The molecule has 0 saturated carbocycles. The van der Waals surface area contributed by atoms with Crippen molar-refractivity contribution < 1.29 is 22.7 Å². The molecule has 0 bridgehead atoms. The Balaban J connectivity index is 2.40. The number of methoxy groups -OCH3 is 1. The number of aryl methyl sites for hydroxylation is 1. The van der Waals surface area contributed by atoms with E-state index in [1.807, 2.05) is 6.07 Å². The number of nitrogens with one attached hydrogen (secondary N) is 1. The Morgan fingerprint density at radius 2 is 1.81 bits per heavy atom. The zero-order valence-corrected chi connectivity index (χ0v) is 20.0. The molecule has 9 heteroatoms. The van der Waals surface area contributed by atoms with Crippen LogP contribution in [-0.2, 0) is 26.2 Å². The van der Waals surface area contributed by atoms with Gasteiger partial charge in [-0.1, -0.05) is 30.3 Å². The normalized spacial score (nSPS) is 12.0. The number of para-hydroxylation sites is 1. The van der Waals surface area contributed by atoms with E-state index in [1.54, 1.807) is 70.3 Å². The highest BCUT2D eigenvalue weighted by molar-refractivity contribution is 7.92. The smallest absolute Gasteiger partial charge is 0.244 e. The van der Waals surface area contributed by atoms with Gasteiger partial charge >= 0.3 is 0 Å². The second-order valence-electron chi connectivity index (χ2n) is 7.50. The lowest BCUT2D eigenvalue weighted by Crippen LogP contribution is -2.51. The third kappa shape index (κ3) is 6.46. The van der Waals surface area contributed by atoms with Crippen LogP contribution >= 0.6 is 0 Å². The molecule has 1 N–H and O–H groups in total. The van der Waals surface area contributed by atoms with E-state index < -0.39 is 28.5 Å². The first-order valence-corrected chi connectivity index (χ1v) is 12.2. The zero-order chi connectivity index (χ0) is 23.9. The molecule has 0 saturated heterocycles. The van der Waals surface area contributed by atoms with Crippen molar-refractivity contribution in [2.24, 2.45) is 0 Å². The molecule has 2 rings (SSSR count). The lowest BCUT2D eigenvalue weighted by Gasteiger charge is -2.31. The second kappa shape index (κ2) is 11.0. The highest BCUT2D eigenvalue weighted by Crippen LogP contribution is 2.23. The average molecular weight is 462 g/mol. The zero-order valence-electron chi connectivity index (χ0n) is 19.2. The van der Waals surface area contributed by atoms with E-state index in [0.717, 1.165) is 21.7 Å². The lowest BCUT2D eigenvalue weighted by molar-refractivity contribution is -0.139. The maximum atomic E-state index is 13.4. The summed E-state index contributed by atoms with van der Waals surface area (Å²) in [5.41, 5.74) is 1.91. The van der Waals surface area contributed by atoms with Gasteiger partial charge in [0.2, 0.25) is 21.8 Å². The van der Waals surface area contributed by atoms with Gasteiger partial charge in [0, 0.05) is 13.1 Å². The van der Waals surface area contributed by atoms with E-state index in [2.05, 4.69) is 5.32 Å². The summed E-state index contributed by atoms with van der Waals surface area (Å²) in [6.07, 6.45) is 1.06. The van der Waals surface area contributed by atoms with Crippen LogP contribution < -0.4 is 14.4 Å². The first kappa shape index (κ1) is 25.2. The lowest BCUT2D eigenvalue weighted by atomic mass is 10.1. The van der Waals surface area contributed by atoms with Gasteiger partial charge < -0.3 is 15.0 Å². The Bertz CT molecular complexity index is 1060. The van der Waals surface area contributed by atoms with Gasteiger partial charge in [0.05, 0.1) is 19.1 Å². The Labute approximate surface area is 190 Å². The van der Waals surface area contributed by atoms with Gasteiger partial charge in [0.1, 0.15) is 18.3 Å². The predicted molar refractivity (Wildman–Crippen MR) is 125 cm³/mol. The number of rotatable bonds is 10. The first-order valence-electron chi connectivity index (χ1n) is 10.3. The number of nitrogens with zero attached hydrogens (tertiary/aromatic N) is 2. The second-order valence-corrected chi connectivity index (χ2v) is 9.41. The molecular formula is C23H31N3O5S. The van der Waals surface area contributed by atoms with Gasteiger partial charge in [-0.25, -0.2) is 8.42 Å². The minimum Gasteiger partial charge on any atom is -0.497 e. The van der Waals surface area contributed by atoms with Crippen LogP contribution in [0.3, 0.4) is 0 Å². The molecule has 174 valence electrons. The molecule has 8 nitrogen and oxygen atoms in total. The number of carbonyl (C=O) groups is 2. The van der Waals surface area contributed by atoms with Crippen molar-refractivity contribution >= 4 is 27.5 Å². The fraction of sp³-hybridized carbons (Fsp3) is 0.391. The van der Waals surface area contributed by atoms with Gasteiger partial charge in [0.15, 0.2) is 0 Å². The van der Waals surface area contributed by atoms with Crippen molar-refractivity contribution in [2.75, 3.05) is 30.8 Å². The van der Waals surface area contributed by atoms with Crippen molar-refractivity contribution in [3.05, 3.63) is 59.7 Å². The van der Waals surface area contributed by atoms with Gasteiger partial charge in [-0.05, 0) is 50.1 Å². The van der Waals surface area contributed by atoms with E-state index in [4.69, 9.17) is 4.74 Å². The van der Waals surface area contributed by atoms with Crippen LogP contribution in [0.1, 0.15) is 25.0 Å². The molecule has 0 aliphatic rings. The van der Waals surface area contributed by atoms with E-state index >= 15 is 0 Å². The van der Waals surface area contributed by atoms with Crippen molar-refractivity contribution in [1.82, 2.24) is 10.2 Å². The van der Waals surface area contributed by atoms with Crippen molar-refractivity contribution in [1.29, 1.82) is 0 Å².